The highest BCUT2D eigenvalue weighted by atomic mass is 16.5. The summed E-state index contributed by atoms with van der Waals surface area (Å²) >= 11 is 0. The molecule has 1 aromatic heterocycles. The van der Waals surface area contributed by atoms with Crippen LogP contribution in [0.4, 0.5) is 0 Å². The van der Waals surface area contributed by atoms with Crippen LogP contribution in [-0.2, 0) is 0 Å². The number of methoxy groups -OCH3 is 1. The van der Waals surface area contributed by atoms with Crippen molar-refractivity contribution in [2.45, 2.75) is 13.0 Å². The second kappa shape index (κ2) is 9.93. The number of hydrogen-bond acceptors (Lipinski definition) is 6. The average Bonchev–Trinajstić information content (AvgIpc) is 3.22. The first-order valence-corrected chi connectivity index (χ1v) is 10.9. The molecule has 0 bridgehead atoms. The molecule has 0 saturated carbocycles. The third kappa shape index (κ3) is 4.98. The number of nitrogens with zero attached hydrogens (tertiary/aromatic N) is 5. The van der Waals surface area contributed by atoms with Gasteiger partial charge in [-0.05, 0) is 31.7 Å². The Kier molecular flexibility index (Phi) is 6.82. The van der Waals surface area contributed by atoms with Gasteiger partial charge in [-0.1, -0.05) is 41.6 Å². The highest BCUT2D eigenvalue weighted by molar-refractivity contribution is 5.93. The molecule has 1 amide bonds. The monoisotopic (exact) mass is 434 g/mol. The van der Waals surface area contributed by atoms with Gasteiger partial charge < -0.3 is 15.0 Å². The number of rotatable bonds is 7. The summed E-state index contributed by atoms with van der Waals surface area (Å²) in [5.74, 6) is 0.499. The van der Waals surface area contributed by atoms with E-state index in [1.54, 1.807) is 11.8 Å². The molecule has 1 fully saturated rings. The van der Waals surface area contributed by atoms with E-state index in [0.717, 1.165) is 49.7 Å². The van der Waals surface area contributed by atoms with Gasteiger partial charge in [-0.15, -0.1) is 5.10 Å². The van der Waals surface area contributed by atoms with Crippen LogP contribution < -0.4 is 10.1 Å². The van der Waals surface area contributed by atoms with E-state index in [1.165, 1.54) is 0 Å². The van der Waals surface area contributed by atoms with E-state index in [1.807, 2.05) is 49.4 Å². The molecule has 0 spiro atoms. The molecule has 1 atom stereocenters. The lowest BCUT2D eigenvalue weighted by Gasteiger charge is -2.35. The Morgan fingerprint density at radius 2 is 1.84 bits per heavy atom. The Balaban J connectivity index is 1.53. The fourth-order valence-electron chi connectivity index (χ4n) is 3.96. The number of benzene rings is 2. The second-order valence-electron chi connectivity index (χ2n) is 8.18. The molecule has 8 nitrogen and oxygen atoms in total. The molecule has 0 aliphatic carbocycles. The average molecular weight is 435 g/mol. The van der Waals surface area contributed by atoms with Crippen LogP contribution in [0.5, 0.6) is 5.75 Å². The largest absolute Gasteiger partial charge is 0.497 e. The zero-order valence-electron chi connectivity index (χ0n) is 18.9. The molecule has 0 radical (unpaired) electrons. The topological polar surface area (TPSA) is 75.5 Å². The van der Waals surface area contributed by atoms with Crippen LogP contribution in [0, 0.1) is 6.92 Å². The van der Waals surface area contributed by atoms with Gasteiger partial charge in [-0.25, -0.2) is 4.68 Å². The van der Waals surface area contributed by atoms with Gasteiger partial charge in [0.15, 0.2) is 5.69 Å². The Bertz CT molecular complexity index is 1040. The van der Waals surface area contributed by atoms with E-state index < -0.39 is 0 Å². The van der Waals surface area contributed by atoms with Crippen LogP contribution in [0.1, 0.15) is 27.8 Å². The maximum absolute atomic E-state index is 13.2. The van der Waals surface area contributed by atoms with Crippen LogP contribution in [0.15, 0.2) is 54.6 Å². The highest BCUT2D eigenvalue weighted by Crippen LogP contribution is 2.20. The smallest absolute Gasteiger partial charge is 0.274 e. The summed E-state index contributed by atoms with van der Waals surface area (Å²) in [6.07, 6.45) is 0. The number of amides is 1. The minimum atomic E-state index is -0.223. The van der Waals surface area contributed by atoms with Gasteiger partial charge in [-0.3, -0.25) is 9.69 Å². The lowest BCUT2D eigenvalue weighted by Crippen LogP contribution is -2.47. The first kappa shape index (κ1) is 22.0. The van der Waals surface area contributed by atoms with Crippen molar-refractivity contribution in [2.24, 2.45) is 0 Å². The second-order valence-corrected chi connectivity index (χ2v) is 8.18. The third-order valence-electron chi connectivity index (χ3n) is 5.95. The number of piperazine rings is 1. The van der Waals surface area contributed by atoms with E-state index in [4.69, 9.17) is 4.74 Å². The van der Waals surface area contributed by atoms with E-state index in [2.05, 4.69) is 44.6 Å². The number of hydrogen-bond donors (Lipinski definition) is 1. The molecule has 1 unspecified atom stereocenters. The fourth-order valence-corrected chi connectivity index (χ4v) is 3.96. The maximum Gasteiger partial charge on any atom is 0.274 e. The SMILES string of the molecule is COc1cccc(-n2nnc(C(=O)NC(CN3CCN(C)CC3)c3ccccc3)c2C)c1. The lowest BCUT2D eigenvalue weighted by molar-refractivity contribution is 0.0901. The summed E-state index contributed by atoms with van der Waals surface area (Å²) in [4.78, 5) is 18.0. The van der Waals surface area contributed by atoms with Crippen molar-refractivity contribution < 1.29 is 9.53 Å². The first-order chi connectivity index (χ1) is 15.5. The predicted octanol–water partition coefficient (Wildman–Crippen LogP) is 2.30. The van der Waals surface area contributed by atoms with Gasteiger partial charge in [0, 0.05) is 38.8 Å². The normalized spacial score (nSPS) is 16.0. The minimum absolute atomic E-state index is 0.131. The molecular formula is C24H30N6O2. The maximum atomic E-state index is 13.2. The van der Waals surface area contributed by atoms with Gasteiger partial charge in [0.2, 0.25) is 0 Å². The van der Waals surface area contributed by atoms with Crippen molar-refractivity contribution in [3.05, 3.63) is 71.5 Å². The van der Waals surface area contributed by atoms with Crippen LogP contribution >= 0.6 is 0 Å². The van der Waals surface area contributed by atoms with Gasteiger partial charge in [-0.2, -0.15) is 0 Å². The fraction of sp³-hybridized carbons (Fsp3) is 0.375. The van der Waals surface area contributed by atoms with E-state index in [0.29, 0.717) is 11.4 Å². The summed E-state index contributed by atoms with van der Waals surface area (Å²) in [5, 5.41) is 11.6. The van der Waals surface area contributed by atoms with Gasteiger partial charge >= 0.3 is 0 Å². The number of carbonyl (C=O) groups excluding carboxylic acids is 1. The predicted molar refractivity (Wildman–Crippen MR) is 123 cm³/mol. The van der Waals surface area contributed by atoms with Crippen LogP contribution in [0.2, 0.25) is 0 Å². The van der Waals surface area contributed by atoms with E-state index in [9.17, 15) is 4.79 Å². The van der Waals surface area contributed by atoms with Crippen molar-refractivity contribution >= 4 is 5.91 Å². The Hall–Kier alpha value is -3.23. The molecule has 2 aromatic carbocycles. The Morgan fingerprint density at radius 3 is 2.56 bits per heavy atom. The molecular weight excluding hydrogens is 404 g/mol. The van der Waals surface area contributed by atoms with Crippen LogP contribution in [0.25, 0.3) is 5.69 Å². The Labute approximate surface area is 188 Å². The number of aromatic nitrogens is 3. The van der Waals surface area contributed by atoms with Gasteiger partial charge in [0.1, 0.15) is 5.75 Å². The molecule has 2 heterocycles. The summed E-state index contributed by atoms with van der Waals surface area (Å²) < 4.78 is 6.96. The van der Waals surface area contributed by atoms with Gasteiger partial charge in [0.25, 0.3) is 5.91 Å². The van der Waals surface area contributed by atoms with Crippen molar-refractivity contribution in [2.75, 3.05) is 46.9 Å². The molecule has 3 aromatic rings. The van der Waals surface area contributed by atoms with E-state index >= 15 is 0 Å². The zero-order valence-corrected chi connectivity index (χ0v) is 18.9. The molecule has 1 aliphatic rings. The number of nitrogens with one attached hydrogen (secondary N) is 1. The number of carbonyl (C=O) groups is 1. The van der Waals surface area contributed by atoms with Crippen molar-refractivity contribution in [3.8, 4) is 11.4 Å². The highest BCUT2D eigenvalue weighted by Gasteiger charge is 2.24. The van der Waals surface area contributed by atoms with Gasteiger partial charge in [0.05, 0.1) is 24.5 Å². The number of likely N-dealkylation sites (N-methyl/N-ethyl adjacent to an activating group) is 1. The Morgan fingerprint density at radius 1 is 1.09 bits per heavy atom. The molecule has 1 saturated heterocycles. The van der Waals surface area contributed by atoms with Crippen molar-refractivity contribution in [1.29, 1.82) is 0 Å². The molecule has 4 rings (SSSR count). The molecule has 1 N–H and O–H groups in total. The van der Waals surface area contributed by atoms with Crippen molar-refractivity contribution in [1.82, 2.24) is 30.1 Å². The summed E-state index contributed by atoms with van der Waals surface area (Å²) in [5.41, 5.74) is 2.89. The summed E-state index contributed by atoms with van der Waals surface area (Å²) in [7, 11) is 3.76. The van der Waals surface area contributed by atoms with E-state index in [-0.39, 0.29) is 11.9 Å². The zero-order chi connectivity index (χ0) is 22.5. The first-order valence-electron chi connectivity index (χ1n) is 10.9. The van der Waals surface area contributed by atoms with Crippen LogP contribution in [0.3, 0.4) is 0 Å². The van der Waals surface area contributed by atoms with Crippen molar-refractivity contribution in [3.63, 3.8) is 0 Å². The minimum Gasteiger partial charge on any atom is -0.497 e. The quantitative estimate of drug-likeness (QED) is 0.615. The standard InChI is InChI=1S/C24H30N6O2/c1-18-23(26-27-30(18)20-10-7-11-21(16-20)32-3)24(31)25-22(19-8-5-4-6-9-19)17-29-14-12-28(2)13-15-29/h4-11,16,22H,12-15,17H2,1-3H3,(H,25,31). The molecule has 8 heteroatoms. The lowest BCUT2D eigenvalue weighted by atomic mass is 10.1. The molecule has 1 aliphatic heterocycles. The molecule has 32 heavy (non-hydrogen) atoms. The summed E-state index contributed by atoms with van der Waals surface area (Å²) in [6.45, 7) is 6.65. The third-order valence-corrected chi connectivity index (χ3v) is 5.95. The number of ether oxygens (including phenoxy) is 1. The summed E-state index contributed by atoms with van der Waals surface area (Å²) in [6, 6.07) is 17.5. The molecule has 168 valence electrons. The van der Waals surface area contributed by atoms with Crippen LogP contribution in [-0.4, -0.2) is 77.6 Å².